The summed E-state index contributed by atoms with van der Waals surface area (Å²) < 4.78 is 0. The first-order valence-corrected chi connectivity index (χ1v) is 6.17. The molecular weight excluding hydrogens is 288 g/mol. The molecule has 2 aromatic rings. The van der Waals surface area contributed by atoms with Gasteiger partial charge in [-0.05, 0) is 12.1 Å². The quantitative estimate of drug-likeness (QED) is 0.668. The highest BCUT2D eigenvalue weighted by molar-refractivity contribution is 5.64. The van der Waals surface area contributed by atoms with E-state index in [4.69, 9.17) is 5.26 Å². The summed E-state index contributed by atoms with van der Waals surface area (Å²) >= 11 is 0. The van der Waals surface area contributed by atoms with Crippen LogP contribution in [0.3, 0.4) is 0 Å². The first kappa shape index (κ1) is 14.9. The fourth-order valence-corrected chi connectivity index (χ4v) is 1.93. The van der Waals surface area contributed by atoms with Gasteiger partial charge in [0.2, 0.25) is 0 Å². The van der Waals surface area contributed by atoms with Crippen molar-refractivity contribution in [1.29, 1.82) is 5.26 Å². The first-order chi connectivity index (χ1) is 10.5. The van der Waals surface area contributed by atoms with Crippen LogP contribution >= 0.6 is 0 Å². The van der Waals surface area contributed by atoms with Crippen molar-refractivity contribution in [2.75, 3.05) is 5.32 Å². The van der Waals surface area contributed by atoms with Crippen molar-refractivity contribution >= 4 is 17.1 Å². The molecule has 0 spiro atoms. The lowest BCUT2D eigenvalue weighted by atomic mass is 10.1. The third kappa shape index (κ3) is 3.16. The van der Waals surface area contributed by atoms with Crippen molar-refractivity contribution in [3.63, 3.8) is 0 Å². The van der Waals surface area contributed by atoms with Crippen molar-refractivity contribution < 1.29 is 9.85 Å². The summed E-state index contributed by atoms with van der Waals surface area (Å²) in [6.07, 6.45) is 0. The maximum Gasteiger partial charge on any atom is 0.293 e. The van der Waals surface area contributed by atoms with Gasteiger partial charge in [0.1, 0.15) is 5.69 Å². The van der Waals surface area contributed by atoms with Gasteiger partial charge in [-0.3, -0.25) is 20.2 Å². The van der Waals surface area contributed by atoms with Crippen molar-refractivity contribution in [2.24, 2.45) is 0 Å². The second kappa shape index (κ2) is 6.32. The topological polar surface area (TPSA) is 122 Å². The summed E-state index contributed by atoms with van der Waals surface area (Å²) in [5.74, 6) is 0. The molecule has 8 nitrogen and oxygen atoms in total. The van der Waals surface area contributed by atoms with Crippen molar-refractivity contribution in [2.45, 2.75) is 6.54 Å². The zero-order chi connectivity index (χ0) is 16.1. The molecule has 0 heterocycles. The summed E-state index contributed by atoms with van der Waals surface area (Å²) in [6, 6.07) is 12.0. The average molecular weight is 298 g/mol. The summed E-state index contributed by atoms with van der Waals surface area (Å²) in [7, 11) is 0. The van der Waals surface area contributed by atoms with Gasteiger partial charge in [-0.25, -0.2) is 0 Å². The molecule has 0 aliphatic heterocycles. The Morgan fingerprint density at radius 3 is 2.36 bits per heavy atom. The number of nitrogens with zero attached hydrogens (tertiary/aromatic N) is 3. The van der Waals surface area contributed by atoms with E-state index in [1.807, 2.05) is 6.07 Å². The SMILES string of the molecule is N#Cc1ccc(NCc2ccccc2[N+](=O)[O-])c([N+](=O)[O-])c1. The summed E-state index contributed by atoms with van der Waals surface area (Å²) in [4.78, 5) is 20.8. The van der Waals surface area contributed by atoms with E-state index in [0.29, 0.717) is 5.56 Å². The Hall–Kier alpha value is -3.47. The smallest absolute Gasteiger partial charge is 0.293 e. The van der Waals surface area contributed by atoms with Gasteiger partial charge in [0.25, 0.3) is 11.4 Å². The molecule has 110 valence electrons. The van der Waals surface area contributed by atoms with E-state index in [1.165, 1.54) is 18.2 Å². The Labute approximate surface area is 124 Å². The lowest BCUT2D eigenvalue weighted by Crippen LogP contribution is -2.05. The fraction of sp³-hybridized carbons (Fsp3) is 0.0714. The molecule has 0 saturated heterocycles. The molecule has 8 heteroatoms. The number of benzene rings is 2. The number of nitro groups is 2. The van der Waals surface area contributed by atoms with Crippen LogP contribution in [0.4, 0.5) is 17.1 Å². The van der Waals surface area contributed by atoms with Gasteiger partial charge in [0.05, 0.1) is 21.5 Å². The highest BCUT2D eigenvalue weighted by atomic mass is 16.6. The van der Waals surface area contributed by atoms with Crippen LogP contribution in [0.25, 0.3) is 0 Å². The van der Waals surface area contributed by atoms with Gasteiger partial charge in [0, 0.05) is 24.2 Å². The van der Waals surface area contributed by atoms with Gasteiger partial charge in [-0.1, -0.05) is 18.2 Å². The zero-order valence-corrected chi connectivity index (χ0v) is 11.2. The fourth-order valence-electron chi connectivity index (χ4n) is 1.93. The minimum atomic E-state index is -0.609. The number of nitro benzene ring substituents is 2. The van der Waals surface area contributed by atoms with Crippen LogP contribution in [0.15, 0.2) is 42.5 Å². The van der Waals surface area contributed by atoms with Crippen LogP contribution < -0.4 is 5.32 Å². The highest BCUT2D eigenvalue weighted by Crippen LogP contribution is 2.27. The van der Waals surface area contributed by atoms with Crippen molar-refractivity contribution in [3.05, 3.63) is 73.8 Å². The van der Waals surface area contributed by atoms with Crippen LogP contribution in [-0.2, 0) is 6.54 Å². The first-order valence-electron chi connectivity index (χ1n) is 6.17. The van der Waals surface area contributed by atoms with Crippen molar-refractivity contribution in [3.8, 4) is 6.07 Å². The number of para-hydroxylation sites is 1. The number of hydrogen-bond acceptors (Lipinski definition) is 6. The molecule has 0 saturated carbocycles. The third-order valence-corrected chi connectivity index (χ3v) is 2.98. The minimum Gasteiger partial charge on any atom is -0.375 e. The number of anilines is 1. The summed E-state index contributed by atoms with van der Waals surface area (Å²) in [6.45, 7) is 0.0594. The standard InChI is InChI=1S/C14H10N4O4/c15-8-10-5-6-12(14(7-10)18(21)22)16-9-11-3-1-2-4-13(11)17(19)20/h1-7,16H,9H2. The van der Waals surface area contributed by atoms with E-state index < -0.39 is 9.85 Å². The lowest BCUT2D eigenvalue weighted by Gasteiger charge is -2.08. The van der Waals surface area contributed by atoms with Gasteiger partial charge >= 0.3 is 0 Å². The molecule has 0 atom stereocenters. The molecule has 22 heavy (non-hydrogen) atoms. The average Bonchev–Trinajstić information content (AvgIpc) is 2.52. The molecule has 0 aromatic heterocycles. The van der Waals surface area contributed by atoms with Crippen LogP contribution in [0.1, 0.15) is 11.1 Å². The van der Waals surface area contributed by atoms with Crippen LogP contribution in [0, 0.1) is 31.6 Å². The Bertz CT molecular complexity index is 783. The maximum atomic E-state index is 11.0. The van der Waals surface area contributed by atoms with Gasteiger partial charge in [0.15, 0.2) is 0 Å². The molecule has 0 bridgehead atoms. The molecule has 0 radical (unpaired) electrons. The number of nitriles is 1. The second-order valence-corrected chi connectivity index (χ2v) is 4.34. The number of rotatable bonds is 5. The second-order valence-electron chi connectivity index (χ2n) is 4.34. The van der Waals surface area contributed by atoms with E-state index in [0.717, 1.165) is 6.07 Å². The Morgan fingerprint density at radius 1 is 1.05 bits per heavy atom. The molecule has 0 unspecified atom stereocenters. The molecule has 0 fully saturated rings. The number of nitrogens with one attached hydrogen (secondary N) is 1. The Morgan fingerprint density at radius 2 is 1.73 bits per heavy atom. The number of hydrogen-bond donors (Lipinski definition) is 1. The van der Waals surface area contributed by atoms with Crippen LogP contribution in [0.2, 0.25) is 0 Å². The summed E-state index contributed by atoms with van der Waals surface area (Å²) in [5.41, 5.74) is 0.459. The monoisotopic (exact) mass is 298 g/mol. The van der Waals surface area contributed by atoms with Crippen molar-refractivity contribution in [1.82, 2.24) is 0 Å². The molecule has 0 amide bonds. The van der Waals surface area contributed by atoms with Gasteiger partial charge in [-0.2, -0.15) is 5.26 Å². The predicted molar refractivity (Wildman–Crippen MR) is 78.2 cm³/mol. The van der Waals surface area contributed by atoms with E-state index in [2.05, 4.69) is 5.32 Å². The van der Waals surface area contributed by atoms with E-state index in [-0.39, 0.29) is 29.2 Å². The minimum absolute atomic E-state index is 0.0594. The normalized spacial score (nSPS) is 9.77. The summed E-state index contributed by atoms with van der Waals surface area (Å²) in [5, 5.41) is 33.5. The van der Waals surface area contributed by atoms with E-state index in [1.54, 1.807) is 18.2 Å². The Balaban J connectivity index is 2.28. The lowest BCUT2D eigenvalue weighted by molar-refractivity contribution is -0.385. The highest BCUT2D eigenvalue weighted by Gasteiger charge is 2.17. The van der Waals surface area contributed by atoms with Crippen LogP contribution in [-0.4, -0.2) is 9.85 Å². The largest absolute Gasteiger partial charge is 0.375 e. The van der Waals surface area contributed by atoms with E-state index in [9.17, 15) is 20.2 Å². The molecule has 2 aromatic carbocycles. The van der Waals surface area contributed by atoms with Gasteiger partial charge < -0.3 is 5.32 Å². The van der Waals surface area contributed by atoms with E-state index >= 15 is 0 Å². The van der Waals surface area contributed by atoms with Gasteiger partial charge in [-0.15, -0.1) is 0 Å². The molecule has 0 aliphatic carbocycles. The molecular formula is C14H10N4O4. The Kier molecular flexibility index (Phi) is 4.29. The molecule has 2 rings (SSSR count). The van der Waals surface area contributed by atoms with Crippen LogP contribution in [0.5, 0.6) is 0 Å². The zero-order valence-electron chi connectivity index (χ0n) is 11.2. The molecule has 0 aliphatic rings. The molecule has 1 N–H and O–H groups in total. The third-order valence-electron chi connectivity index (χ3n) is 2.98. The maximum absolute atomic E-state index is 11.0. The predicted octanol–water partition coefficient (Wildman–Crippen LogP) is 2.99.